The summed E-state index contributed by atoms with van der Waals surface area (Å²) in [5, 5.41) is 4.07. The van der Waals surface area contributed by atoms with Crippen LogP contribution in [0.3, 0.4) is 0 Å². The van der Waals surface area contributed by atoms with Gasteiger partial charge in [-0.1, -0.05) is 72.8 Å². The van der Waals surface area contributed by atoms with Crippen molar-refractivity contribution in [2.45, 2.75) is 0 Å². The average Bonchev–Trinajstić information content (AvgIpc) is 2.77. The van der Waals surface area contributed by atoms with Gasteiger partial charge in [0.05, 0.1) is 5.69 Å². The summed E-state index contributed by atoms with van der Waals surface area (Å²) in [5.41, 5.74) is 1.22. The number of para-hydroxylation sites is 1. The molecule has 3 heteroatoms. The van der Waals surface area contributed by atoms with Crippen LogP contribution in [0.2, 0.25) is 0 Å². The molecule has 0 N–H and O–H groups in total. The summed E-state index contributed by atoms with van der Waals surface area (Å²) >= 11 is 0. The second kappa shape index (κ2) is 9.36. The minimum Gasteiger partial charge on any atom is -1.00 e. The predicted octanol–water partition coefficient (Wildman–Crippen LogP) is 2.04. The molecule has 4 aromatic rings. The van der Waals surface area contributed by atoms with Crippen molar-refractivity contribution in [3.05, 3.63) is 121 Å². The number of anilines is 1. The van der Waals surface area contributed by atoms with E-state index in [1.165, 1.54) is 21.6 Å². The Hall–Kier alpha value is -2.16. The summed E-state index contributed by atoms with van der Waals surface area (Å²) in [4.78, 5) is 0. The van der Waals surface area contributed by atoms with E-state index in [4.69, 9.17) is 0 Å². The molecule has 4 aromatic carbocycles. The van der Waals surface area contributed by atoms with E-state index in [2.05, 4.69) is 133 Å². The molecule has 0 unspecified atom stereocenters. The number of nitrogens with zero attached hydrogens (tertiary/aromatic N) is 1. The van der Waals surface area contributed by atoms with Crippen LogP contribution < -0.4 is 44.6 Å². The summed E-state index contributed by atoms with van der Waals surface area (Å²) in [6.45, 7) is 0. The molecule has 0 amide bonds. The van der Waals surface area contributed by atoms with Crippen molar-refractivity contribution in [1.82, 2.24) is 0 Å². The first-order valence-corrected chi connectivity index (χ1v) is 10.9. The van der Waals surface area contributed by atoms with Gasteiger partial charge >= 0.3 is 0 Å². The molecule has 0 bridgehead atoms. The van der Waals surface area contributed by atoms with Crippen LogP contribution in [0, 0.1) is 0 Å². The van der Waals surface area contributed by atoms with Crippen molar-refractivity contribution >= 4 is 29.0 Å². The van der Waals surface area contributed by atoms with Gasteiger partial charge in [0, 0.05) is 7.05 Å². The highest BCUT2D eigenvalue weighted by Crippen LogP contribution is 2.59. The monoisotopic (exact) mass is 495 g/mol. The predicted molar refractivity (Wildman–Crippen MR) is 120 cm³/mol. The fourth-order valence-electron chi connectivity index (χ4n) is 3.71. The van der Waals surface area contributed by atoms with Gasteiger partial charge in [-0.3, -0.25) is 0 Å². The van der Waals surface area contributed by atoms with Crippen LogP contribution in [0.4, 0.5) is 5.69 Å². The Bertz CT molecular complexity index is 879. The second-order valence-electron chi connectivity index (χ2n) is 6.50. The van der Waals surface area contributed by atoms with E-state index in [-0.39, 0.29) is 24.0 Å². The third kappa shape index (κ3) is 3.72. The van der Waals surface area contributed by atoms with Crippen molar-refractivity contribution in [3.8, 4) is 0 Å². The molecule has 0 heterocycles. The molecule has 0 aliphatic heterocycles. The van der Waals surface area contributed by atoms with E-state index < -0.39 is 7.41 Å². The molecule has 0 aromatic heterocycles. The van der Waals surface area contributed by atoms with Crippen molar-refractivity contribution in [2.24, 2.45) is 0 Å². The SMILES string of the molecule is CN(c1ccccc1)[P+](c1ccccc1)(c1ccccc1)c1ccccc1.[I-]. The molecule has 1 nitrogen and oxygen atoms in total. The van der Waals surface area contributed by atoms with Crippen molar-refractivity contribution < 1.29 is 24.0 Å². The molecule has 0 fully saturated rings. The van der Waals surface area contributed by atoms with E-state index in [0.29, 0.717) is 0 Å². The van der Waals surface area contributed by atoms with Crippen LogP contribution in [0.15, 0.2) is 121 Å². The van der Waals surface area contributed by atoms with Crippen LogP contribution in [0.1, 0.15) is 0 Å². The van der Waals surface area contributed by atoms with Crippen LogP contribution in [0.5, 0.6) is 0 Å². The number of hydrogen-bond donors (Lipinski definition) is 0. The van der Waals surface area contributed by atoms with Crippen LogP contribution in [-0.2, 0) is 0 Å². The summed E-state index contributed by atoms with van der Waals surface area (Å²) in [5.74, 6) is 0. The molecule has 140 valence electrons. The molecule has 0 radical (unpaired) electrons. The lowest BCUT2D eigenvalue weighted by atomic mass is 10.3. The number of rotatable bonds is 5. The summed E-state index contributed by atoms with van der Waals surface area (Å²) in [7, 11) is 0.199. The fraction of sp³-hybridized carbons (Fsp3) is 0.0400. The first-order chi connectivity index (χ1) is 13.3. The van der Waals surface area contributed by atoms with Crippen LogP contribution in [0.25, 0.3) is 0 Å². The molecule has 0 spiro atoms. The Morgan fingerprint density at radius 3 is 1.07 bits per heavy atom. The highest BCUT2D eigenvalue weighted by Gasteiger charge is 2.50. The first kappa shape index (κ1) is 20.6. The van der Waals surface area contributed by atoms with Gasteiger partial charge < -0.3 is 24.0 Å². The number of benzene rings is 4. The van der Waals surface area contributed by atoms with Gasteiger partial charge in [-0.15, -0.1) is 0 Å². The van der Waals surface area contributed by atoms with Crippen molar-refractivity contribution in [3.63, 3.8) is 0 Å². The topological polar surface area (TPSA) is 3.24 Å². The highest BCUT2D eigenvalue weighted by molar-refractivity contribution is 7.96. The molecule has 0 saturated heterocycles. The largest absolute Gasteiger partial charge is 1.00 e. The summed E-state index contributed by atoms with van der Waals surface area (Å²) < 4.78 is 2.49. The molecule has 0 saturated carbocycles. The fourth-order valence-corrected chi connectivity index (χ4v) is 7.94. The first-order valence-electron chi connectivity index (χ1n) is 9.18. The third-order valence-corrected chi connectivity index (χ3v) is 9.24. The molecular weight excluding hydrogens is 472 g/mol. The van der Waals surface area contributed by atoms with E-state index >= 15 is 0 Å². The minimum absolute atomic E-state index is 0. The molecule has 0 aliphatic rings. The maximum atomic E-state index is 2.49. The summed E-state index contributed by atoms with van der Waals surface area (Å²) in [6.07, 6.45) is 0. The zero-order valence-corrected chi connectivity index (χ0v) is 18.9. The van der Waals surface area contributed by atoms with Gasteiger partial charge in [-0.25, -0.2) is 4.67 Å². The zero-order valence-electron chi connectivity index (χ0n) is 15.8. The van der Waals surface area contributed by atoms with Gasteiger partial charge in [0.1, 0.15) is 15.9 Å². The molecule has 0 aliphatic carbocycles. The maximum absolute atomic E-state index is 2.49. The Kier molecular flexibility index (Phi) is 6.88. The summed E-state index contributed by atoms with van der Waals surface area (Å²) in [6, 6.07) is 43.5. The number of halogens is 1. The Morgan fingerprint density at radius 2 is 0.750 bits per heavy atom. The van der Waals surface area contributed by atoms with Gasteiger partial charge in [0.25, 0.3) is 0 Å². The maximum Gasteiger partial charge on any atom is 0.202 e. The lowest BCUT2D eigenvalue weighted by Crippen LogP contribution is -3.00. The smallest absolute Gasteiger partial charge is 0.202 e. The highest BCUT2D eigenvalue weighted by atomic mass is 127. The zero-order chi connectivity index (χ0) is 18.5. The average molecular weight is 495 g/mol. The van der Waals surface area contributed by atoms with Crippen LogP contribution in [-0.4, -0.2) is 7.05 Å². The van der Waals surface area contributed by atoms with Crippen molar-refractivity contribution in [1.29, 1.82) is 0 Å². The lowest BCUT2D eigenvalue weighted by Gasteiger charge is -2.35. The molecule has 4 rings (SSSR count). The number of hydrogen-bond acceptors (Lipinski definition) is 1. The third-order valence-electron chi connectivity index (χ3n) is 4.97. The Labute approximate surface area is 185 Å². The lowest BCUT2D eigenvalue weighted by molar-refractivity contribution is -0.00000518. The molecule has 0 atom stereocenters. The van der Waals surface area contributed by atoms with E-state index in [1.54, 1.807) is 0 Å². The second-order valence-corrected chi connectivity index (χ2v) is 9.92. The van der Waals surface area contributed by atoms with E-state index in [0.717, 1.165) is 0 Å². The normalized spacial score (nSPS) is 10.8. The van der Waals surface area contributed by atoms with Gasteiger partial charge in [0.2, 0.25) is 7.41 Å². The van der Waals surface area contributed by atoms with E-state index in [1.807, 2.05) is 0 Å². The Morgan fingerprint density at radius 1 is 0.464 bits per heavy atom. The molecule has 28 heavy (non-hydrogen) atoms. The van der Waals surface area contributed by atoms with Crippen LogP contribution >= 0.6 is 7.41 Å². The minimum atomic E-state index is -2.03. The van der Waals surface area contributed by atoms with Gasteiger partial charge in [-0.05, 0) is 48.5 Å². The van der Waals surface area contributed by atoms with E-state index in [9.17, 15) is 0 Å². The standard InChI is InChI=1S/C25H23NP.HI/c1-26(22-14-6-2-7-15-22)27(23-16-8-3-9-17-23,24-18-10-4-11-19-24)25-20-12-5-13-21-25;/h2-21H,1H3;1H/q+1;/p-1. The molecular formula is C25H23INP. The van der Waals surface area contributed by atoms with Crippen molar-refractivity contribution in [2.75, 3.05) is 11.7 Å². The van der Waals surface area contributed by atoms with Gasteiger partial charge in [0.15, 0.2) is 0 Å². The Balaban J connectivity index is 0.00000225. The van der Waals surface area contributed by atoms with Gasteiger partial charge in [-0.2, -0.15) is 0 Å². The quantitative estimate of drug-likeness (QED) is 0.303.